The Bertz CT molecular complexity index is 878. The van der Waals surface area contributed by atoms with Crippen LogP contribution in [0.25, 0.3) is 0 Å². The predicted molar refractivity (Wildman–Crippen MR) is 122 cm³/mol. The minimum Gasteiger partial charge on any atom is -0.374 e. The summed E-state index contributed by atoms with van der Waals surface area (Å²) in [6.07, 6.45) is 2.52. The van der Waals surface area contributed by atoms with Crippen LogP contribution in [-0.2, 0) is 21.3 Å². The van der Waals surface area contributed by atoms with Gasteiger partial charge in [-0.3, -0.25) is 4.90 Å². The van der Waals surface area contributed by atoms with E-state index in [0.717, 1.165) is 18.7 Å². The molecule has 0 saturated carbocycles. The Morgan fingerprint density at radius 2 is 1.90 bits per heavy atom. The molecule has 1 atom stereocenters. The minimum atomic E-state index is -3.17. The fourth-order valence-corrected chi connectivity index (χ4v) is 5.36. The second-order valence-electron chi connectivity index (χ2n) is 8.33. The van der Waals surface area contributed by atoms with Gasteiger partial charge in [-0.25, -0.2) is 17.5 Å². The van der Waals surface area contributed by atoms with Crippen molar-refractivity contribution in [3.63, 3.8) is 0 Å². The zero-order valence-electron chi connectivity index (χ0n) is 17.7. The molecule has 0 aliphatic carbocycles. The lowest BCUT2D eigenvalue weighted by atomic mass is 9.97. The van der Waals surface area contributed by atoms with Crippen LogP contribution in [0.4, 0.5) is 4.79 Å². The number of carbonyl (C=O) groups is 1. The molecule has 1 aromatic rings. The molecule has 2 heterocycles. The Hall–Kier alpha value is -1.10. The van der Waals surface area contributed by atoms with Crippen molar-refractivity contribution in [3.05, 3.63) is 33.8 Å². The molecule has 0 unspecified atom stereocenters. The molecule has 0 bridgehead atoms. The fourth-order valence-electron chi connectivity index (χ4n) is 4.17. The molecule has 2 fully saturated rings. The lowest BCUT2D eigenvalue weighted by molar-refractivity contribution is -0.0423. The number of morpholine rings is 1. The van der Waals surface area contributed by atoms with Gasteiger partial charge in [-0.05, 0) is 36.5 Å². The van der Waals surface area contributed by atoms with E-state index in [1.807, 2.05) is 12.1 Å². The number of amides is 2. The third kappa shape index (κ3) is 7.20. The highest BCUT2D eigenvalue weighted by molar-refractivity contribution is 7.88. The molecule has 11 heteroatoms. The van der Waals surface area contributed by atoms with E-state index in [-0.39, 0.29) is 12.0 Å². The third-order valence-electron chi connectivity index (χ3n) is 5.87. The van der Waals surface area contributed by atoms with Gasteiger partial charge in [-0.2, -0.15) is 0 Å². The summed E-state index contributed by atoms with van der Waals surface area (Å²) < 4.78 is 30.8. The van der Waals surface area contributed by atoms with Crippen molar-refractivity contribution < 1.29 is 17.9 Å². The van der Waals surface area contributed by atoms with E-state index in [1.54, 1.807) is 11.0 Å². The molecule has 2 aliphatic heterocycles. The van der Waals surface area contributed by atoms with E-state index < -0.39 is 16.1 Å². The highest BCUT2D eigenvalue weighted by Gasteiger charge is 2.29. The fraction of sp³-hybridized carbons (Fsp3) is 0.650. The molecule has 3 rings (SSSR count). The maximum absolute atomic E-state index is 12.1. The van der Waals surface area contributed by atoms with Crippen LogP contribution in [0.5, 0.6) is 0 Å². The number of piperidine rings is 1. The molecular weight excluding hydrogens is 463 g/mol. The first-order valence-corrected chi connectivity index (χ1v) is 13.0. The standard InChI is InChI=1S/C20H30Cl2N4O4S/c1-31(28,29)26-6-4-15(5-7-26)12-25(20(23)27)14-17-13-24(8-9-30-17)11-16-2-3-18(21)19(22)10-16/h2-3,10,15,17H,4-9,11-14H2,1H3,(H2,23,27)/t17-/m0/s1. The number of hydrogen-bond acceptors (Lipinski definition) is 5. The average Bonchev–Trinajstić information content (AvgIpc) is 2.70. The number of rotatable bonds is 7. The van der Waals surface area contributed by atoms with Crippen LogP contribution in [0.2, 0.25) is 10.0 Å². The second kappa shape index (κ2) is 10.7. The minimum absolute atomic E-state index is 0.139. The van der Waals surface area contributed by atoms with Crippen LogP contribution in [-0.4, -0.2) is 86.8 Å². The molecule has 0 spiro atoms. The third-order valence-corrected chi connectivity index (χ3v) is 7.91. The van der Waals surface area contributed by atoms with Gasteiger partial charge in [-0.15, -0.1) is 0 Å². The molecule has 174 valence electrons. The van der Waals surface area contributed by atoms with Gasteiger partial charge in [0, 0.05) is 45.8 Å². The number of benzene rings is 1. The molecule has 1 aromatic carbocycles. The summed E-state index contributed by atoms with van der Waals surface area (Å²) in [5, 5.41) is 1.07. The molecule has 8 nitrogen and oxygen atoms in total. The normalized spacial score (nSPS) is 21.8. The van der Waals surface area contributed by atoms with Crippen molar-refractivity contribution in [2.24, 2.45) is 11.7 Å². The number of nitrogens with two attached hydrogens (primary N) is 1. The number of carbonyl (C=O) groups excluding carboxylic acids is 1. The predicted octanol–water partition coefficient (Wildman–Crippen LogP) is 2.25. The van der Waals surface area contributed by atoms with Crippen LogP contribution in [0, 0.1) is 5.92 Å². The van der Waals surface area contributed by atoms with Crippen LogP contribution in [0.1, 0.15) is 18.4 Å². The summed E-state index contributed by atoms with van der Waals surface area (Å²) in [5.41, 5.74) is 6.71. The zero-order valence-corrected chi connectivity index (χ0v) is 20.0. The van der Waals surface area contributed by atoms with Crippen LogP contribution in [0.15, 0.2) is 18.2 Å². The summed E-state index contributed by atoms with van der Waals surface area (Å²) in [6.45, 7) is 4.65. The van der Waals surface area contributed by atoms with Crippen LogP contribution >= 0.6 is 23.2 Å². The lowest BCUT2D eigenvalue weighted by Crippen LogP contribution is -2.51. The van der Waals surface area contributed by atoms with E-state index >= 15 is 0 Å². The maximum atomic E-state index is 12.1. The Morgan fingerprint density at radius 1 is 1.19 bits per heavy atom. The van der Waals surface area contributed by atoms with E-state index in [9.17, 15) is 13.2 Å². The monoisotopic (exact) mass is 492 g/mol. The van der Waals surface area contributed by atoms with E-state index in [2.05, 4.69) is 4.90 Å². The van der Waals surface area contributed by atoms with Gasteiger partial charge in [0.2, 0.25) is 10.0 Å². The van der Waals surface area contributed by atoms with E-state index in [0.29, 0.717) is 62.2 Å². The highest BCUT2D eigenvalue weighted by Crippen LogP contribution is 2.24. The quantitative estimate of drug-likeness (QED) is 0.629. The van der Waals surface area contributed by atoms with Crippen molar-refractivity contribution in [3.8, 4) is 0 Å². The molecule has 0 radical (unpaired) electrons. The van der Waals surface area contributed by atoms with E-state index in [4.69, 9.17) is 33.7 Å². The summed E-state index contributed by atoms with van der Waals surface area (Å²) in [4.78, 5) is 16.0. The number of halogens is 2. The number of hydrogen-bond donors (Lipinski definition) is 1. The van der Waals surface area contributed by atoms with Gasteiger partial charge in [0.25, 0.3) is 0 Å². The van der Waals surface area contributed by atoms with Gasteiger partial charge >= 0.3 is 6.03 Å². The van der Waals surface area contributed by atoms with Crippen molar-refractivity contribution in [2.75, 3.05) is 52.1 Å². The molecule has 2 amide bonds. The molecule has 2 saturated heterocycles. The van der Waals surface area contributed by atoms with Crippen molar-refractivity contribution >= 4 is 39.3 Å². The number of nitrogens with zero attached hydrogens (tertiary/aromatic N) is 3. The van der Waals surface area contributed by atoms with Crippen molar-refractivity contribution in [2.45, 2.75) is 25.5 Å². The molecular formula is C20H30Cl2N4O4S. The maximum Gasteiger partial charge on any atom is 0.314 e. The SMILES string of the molecule is CS(=O)(=O)N1CCC(CN(C[C@@H]2CN(Cc3ccc(Cl)c(Cl)c3)CCO2)C(N)=O)CC1. The van der Waals surface area contributed by atoms with Gasteiger partial charge in [0.1, 0.15) is 0 Å². The molecule has 2 aliphatic rings. The number of primary amides is 1. The second-order valence-corrected chi connectivity index (χ2v) is 11.1. The topological polar surface area (TPSA) is 96.2 Å². The summed E-state index contributed by atoms with van der Waals surface area (Å²) in [7, 11) is -3.17. The van der Waals surface area contributed by atoms with Crippen molar-refractivity contribution in [1.82, 2.24) is 14.1 Å². The first kappa shape index (κ1) is 24.5. The average molecular weight is 493 g/mol. The Kier molecular flexibility index (Phi) is 8.45. The van der Waals surface area contributed by atoms with Gasteiger partial charge in [0.15, 0.2) is 0 Å². The number of sulfonamides is 1. The van der Waals surface area contributed by atoms with Gasteiger partial charge in [-0.1, -0.05) is 29.3 Å². The molecule has 31 heavy (non-hydrogen) atoms. The Labute approximate surface area is 194 Å². The van der Waals surface area contributed by atoms with Gasteiger partial charge in [0.05, 0.1) is 29.0 Å². The first-order chi connectivity index (χ1) is 14.6. The van der Waals surface area contributed by atoms with Crippen molar-refractivity contribution in [1.29, 1.82) is 0 Å². The largest absolute Gasteiger partial charge is 0.374 e. The number of urea groups is 1. The first-order valence-electron chi connectivity index (χ1n) is 10.4. The van der Waals surface area contributed by atoms with Gasteiger partial charge < -0.3 is 15.4 Å². The zero-order chi connectivity index (χ0) is 22.6. The lowest BCUT2D eigenvalue weighted by Gasteiger charge is -2.37. The van der Waals surface area contributed by atoms with E-state index in [1.165, 1.54) is 10.6 Å². The smallest absolute Gasteiger partial charge is 0.314 e. The Balaban J connectivity index is 1.52. The number of ether oxygens (including phenoxy) is 1. The Morgan fingerprint density at radius 3 is 2.52 bits per heavy atom. The van der Waals surface area contributed by atoms with Crippen LogP contribution in [0.3, 0.4) is 0 Å². The summed E-state index contributed by atoms with van der Waals surface area (Å²) >= 11 is 12.1. The van der Waals surface area contributed by atoms with Crippen LogP contribution < -0.4 is 5.73 Å². The molecule has 2 N–H and O–H groups in total. The summed E-state index contributed by atoms with van der Waals surface area (Å²) in [6, 6.07) is 5.14. The molecule has 0 aromatic heterocycles. The summed E-state index contributed by atoms with van der Waals surface area (Å²) in [5.74, 6) is 0.224. The highest BCUT2D eigenvalue weighted by atomic mass is 35.5.